The third kappa shape index (κ3) is 5.95. The summed E-state index contributed by atoms with van der Waals surface area (Å²) in [5, 5.41) is 1.94. The fourth-order valence-electron chi connectivity index (χ4n) is 3.77. The number of carbonyl (C=O) groups excluding carboxylic acids is 2. The Morgan fingerprint density at radius 3 is 2.50 bits per heavy atom. The number of carbonyl (C=O) groups is 2. The number of hydrogen-bond acceptors (Lipinski definition) is 5. The number of nitrogens with zero attached hydrogens (tertiary/aromatic N) is 3. The van der Waals surface area contributed by atoms with Crippen LogP contribution in [0.25, 0.3) is 0 Å². The van der Waals surface area contributed by atoms with Crippen molar-refractivity contribution in [1.82, 2.24) is 14.8 Å². The minimum absolute atomic E-state index is 0.0275. The predicted molar refractivity (Wildman–Crippen MR) is 125 cm³/mol. The fraction of sp³-hybridized carbons (Fsp3) is 0.320. The summed E-state index contributed by atoms with van der Waals surface area (Å²) in [6.07, 6.45) is 2.29. The van der Waals surface area contributed by atoms with Crippen molar-refractivity contribution in [3.05, 3.63) is 82.3 Å². The van der Waals surface area contributed by atoms with E-state index in [1.807, 2.05) is 45.5 Å². The average molecular weight is 450 g/mol. The first-order valence-corrected chi connectivity index (χ1v) is 11.8. The van der Waals surface area contributed by atoms with E-state index in [0.29, 0.717) is 50.5 Å². The quantitative estimate of drug-likeness (QED) is 0.521. The Kier molecular flexibility index (Phi) is 7.51. The molecule has 1 aliphatic rings. The van der Waals surface area contributed by atoms with Crippen molar-refractivity contribution < 1.29 is 14.3 Å². The van der Waals surface area contributed by atoms with Gasteiger partial charge in [0.15, 0.2) is 0 Å². The van der Waals surface area contributed by atoms with Gasteiger partial charge in [0.05, 0.1) is 11.2 Å². The predicted octanol–water partition coefficient (Wildman–Crippen LogP) is 4.03. The second-order valence-electron chi connectivity index (χ2n) is 7.81. The zero-order valence-electron chi connectivity index (χ0n) is 18.0. The highest BCUT2D eigenvalue weighted by Crippen LogP contribution is 2.18. The Hall–Kier alpha value is -3.19. The van der Waals surface area contributed by atoms with Crippen LogP contribution in [0.3, 0.4) is 0 Å². The smallest absolute Gasteiger partial charge is 0.254 e. The number of aromatic nitrogens is 1. The Morgan fingerprint density at radius 2 is 1.75 bits per heavy atom. The molecule has 4 rings (SSSR count). The van der Waals surface area contributed by atoms with Crippen molar-refractivity contribution in [2.45, 2.75) is 25.9 Å². The molecule has 2 heterocycles. The van der Waals surface area contributed by atoms with E-state index in [1.54, 1.807) is 17.6 Å². The highest BCUT2D eigenvalue weighted by atomic mass is 32.1. The van der Waals surface area contributed by atoms with Crippen LogP contribution in [-0.4, -0.2) is 52.8 Å². The molecule has 1 fully saturated rings. The molecule has 0 spiro atoms. The number of ether oxygens (including phenoxy) is 1. The van der Waals surface area contributed by atoms with Gasteiger partial charge in [0.1, 0.15) is 12.4 Å². The molecule has 32 heavy (non-hydrogen) atoms. The topological polar surface area (TPSA) is 62.7 Å². The summed E-state index contributed by atoms with van der Waals surface area (Å²) in [4.78, 5) is 33.4. The van der Waals surface area contributed by atoms with E-state index in [4.69, 9.17) is 4.74 Å². The van der Waals surface area contributed by atoms with E-state index in [-0.39, 0.29) is 11.8 Å². The van der Waals surface area contributed by atoms with Crippen molar-refractivity contribution in [3.63, 3.8) is 0 Å². The third-order valence-electron chi connectivity index (χ3n) is 5.57. The van der Waals surface area contributed by atoms with Gasteiger partial charge in [-0.3, -0.25) is 9.59 Å². The number of hydrogen-bond donors (Lipinski definition) is 0. The van der Waals surface area contributed by atoms with Gasteiger partial charge in [-0.15, -0.1) is 11.3 Å². The highest BCUT2D eigenvalue weighted by Gasteiger charge is 2.24. The van der Waals surface area contributed by atoms with Crippen LogP contribution >= 0.6 is 11.3 Å². The minimum Gasteiger partial charge on any atom is -0.487 e. The second-order valence-corrected chi connectivity index (χ2v) is 8.53. The van der Waals surface area contributed by atoms with Gasteiger partial charge in [0.25, 0.3) is 5.91 Å². The lowest BCUT2D eigenvalue weighted by atomic mass is 10.1. The van der Waals surface area contributed by atoms with E-state index >= 15 is 0 Å². The monoisotopic (exact) mass is 449 g/mol. The zero-order chi connectivity index (χ0) is 22.2. The largest absolute Gasteiger partial charge is 0.487 e. The maximum absolute atomic E-state index is 12.9. The van der Waals surface area contributed by atoms with Gasteiger partial charge >= 0.3 is 0 Å². The average Bonchev–Trinajstić information content (AvgIpc) is 3.37. The molecule has 0 N–H and O–H groups in total. The van der Waals surface area contributed by atoms with Crippen molar-refractivity contribution in [3.8, 4) is 5.75 Å². The first-order chi connectivity index (χ1) is 15.7. The number of rotatable bonds is 8. The molecule has 0 aliphatic carbocycles. The lowest BCUT2D eigenvalue weighted by Gasteiger charge is -2.35. The van der Waals surface area contributed by atoms with Crippen molar-refractivity contribution in [1.29, 1.82) is 0 Å². The van der Waals surface area contributed by atoms with Crippen molar-refractivity contribution in [2.75, 3.05) is 26.2 Å². The number of piperazine rings is 1. The van der Waals surface area contributed by atoms with Gasteiger partial charge < -0.3 is 14.5 Å². The van der Waals surface area contributed by atoms with Gasteiger partial charge in [-0.25, -0.2) is 4.98 Å². The van der Waals surface area contributed by atoms with Crippen LogP contribution in [0.5, 0.6) is 5.75 Å². The molecule has 0 bridgehead atoms. The first-order valence-electron chi connectivity index (χ1n) is 10.9. The maximum Gasteiger partial charge on any atom is 0.254 e. The standard InChI is InChI=1S/C25H27N3O3S/c29-24(11-4-8-20-6-2-1-3-7-20)27-12-14-28(15-13-27)25(30)21-9-5-10-23(16-21)31-17-22-18-32-19-26-22/h1-3,5-7,9-10,16,18-19H,4,8,11-15,17H2. The third-order valence-corrected chi connectivity index (χ3v) is 6.20. The van der Waals surface area contributed by atoms with E-state index < -0.39 is 0 Å². The van der Waals surface area contributed by atoms with Crippen LogP contribution in [0.1, 0.15) is 34.5 Å². The van der Waals surface area contributed by atoms with E-state index in [1.165, 1.54) is 16.9 Å². The Labute approximate surface area is 192 Å². The summed E-state index contributed by atoms with van der Waals surface area (Å²) in [7, 11) is 0. The summed E-state index contributed by atoms with van der Waals surface area (Å²) in [6.45, 7) is 2.64. The summed E-state index contributed by atoms with van der Waals surface area (Å²) < 4.78 is 5.77. The molecule has 3 aromatic rings. The molecule has 2 amide bonds. The molecule has 1 aliphatic heterocycles. The van der Waals surface area contributed by atoms with E-state index in [2.05, 4.69) is 17.1 Å². The molecule has 1 aromatic heterocycles. The van der Waals surface area contributed by atoms with Crippen molar-refractivity contribution in [2.24, 2.45) is 0 Å². The number of thiazole rings is 1. The molecule has 2 aromatic carbocycles. The molecular weight excluding hydrogens is 422 g/mol. The molecule has 0 unspecified atom stereocenters. The SMILES string of the molecule is O=C(CCCc1ccccc1)N1CCN(C(=O)c2cccc(OCc3cscn3)c2)CC1. The van der Waals surface area contributed by atoms with Gasteiger partial charge in [0, 0.05) is 43.5 Å². The van der Waals surface area contributed by atoms with Gasteiger partial charge in [-0.2, -0.15) is 0 Å². The fourth-order valence-corrected chi connectivity index (χ4v) is 4.32. The van der Waals surface area contributed by atoms with Crippen LogP contribution in [0, 0.1) is 0 Å². The minimum atomic E-state index is -0.0275. The Balaban J connectivity index is 1.23. The van der Waals surface area contributed by atoms with E-state index in [9.17, 15) is 9.59 Å². The normalized spacial score (nSPS) is 13.8. The summed E-state index contributed by atoms with van der Waals surface area (Å²) in [5.74, 6) is 0.793. The molecule has 0 atom stereocenters. The summed E-state index contributed by atoms with van der Waals surface area (Å²) >= 11 is 1.53. The molecule has 7 heteroatoms. The van der Waals surface area contributed by atoms with Crippen LogP contribution in [0.4, 0.5) is 0 Å². The Morgan fingerprint density at radius 1 is 0.969 bits per heavy atom. The molecule has 0 radical (unpaired) electrons. The second kappa shape index (κ2) is 10.9. The van der Waals surface area contributed by atoms with Gasteiger partial charge in [0.2, 0.25) is 5.91 Å². The van der Waals surface area contributed by atoms with Gasteiger partial charge in [-0.05, 0) is 36.6 Å². The molecular formula is C25H27N3O3S. The number of amides is 2. The molecule has 0 saturated carbocycles. The summed E-state index contributed by atoms with van der Waals surface area (Å²) in [6, 6.07) is 17.5. The van der Waals surface area contributed by atoms with Crippen LogP contribution < -0.4 is 4.74 Å². The van der Waals surface area contributed by atoms with Crippen molar-refractivity contribution >= 4 is 23.2 Å². The van der Waals surface area contributed by atoms with Crippen LogP contribution in [0.15, 0.2) is 65.5 Å². The summed E-state index contributed by atoms with van der Waals surface area (Å²) in [5.41, 5.74) is 4.50. The first kappa shape index (κ1) is 22.0. The lowest BCUT2D eigenvalue weighted by Crippen LogP contribution is -2.50. The molecule has 166 valence electrons. The Bertz CT molecular complexity index is 1020. The zero-order valence-corrected chi connectivity index (χ0v) is 18.8. The van der Waals surface area contributed by atoms with Crippen LogP contribution in [-0.2, 0) is 17.8 Å². The van der Waals surface area contributed by atoms with E-state index in [0.717, 1.165) is 18.5 Å². The number of benzene rings is 2. The maximum atomic E-state index is 12.9. The van der Waals surface area contributed by atoms with Gasteiger partial charge in [-0.1, -0.05) is 36.4 Å². The molecule has 1 saturated heterocycles. The highest BCUT2D eigenvalue weighted by molar-refractivity contribution is 7.07. The van der Waals surface area contributed by atoms with Crippen LogP contribution in [0.2, 0.25) is 0 Å². The molecule has 6 nitrogen and oxygen atoms in total. The number of aryl methyl sites for hydroxylation is 1. The lowest BCUT2D eigenvalue weighted by molar-refractivity contribution is -0.132.